The molecule has 0 spiro atoms. The zero-order valence-electron chi connectivity index (χ0n) is 40.3. The van der Waals surface area contributed by atoms with Crippen LogP contribution in [-0.4, -0.2) is 11.4 Å². The van der Waals surface area contributed by atoms with Gasteiger partial charge in [0.2, 0.25) is 0 Å². The van der Waals surface area contributed by atoms with Crippen LogP contribution in [0.2, 0.25) is 0 Å². The molecule has 0 radical (unpaired) electrons. The number of hydrogen-bond donors (Lipinski definition) is 0. The smallest absolute Gasteiger partial charge is 0.0446 e. The molecule has 0 aliphatic carbocycles. The predicted molar refractivity (Wildman–Crippen MR) is 299 cm³/mol. The predicted octanol–water partition coefficient (Wildman–Crippen LogP) is 18.4. The van der Waals surface area contributed by atoms with Crippen LogP contribution in [0.15, 0.2) is 291 Å². The van der Waals surface area contributed by atoms with Gasteiger partial charge < -0.3 is 9.80 Å². The minimum atomic E-state index is 0.759. The Morgan fingerprint density at radius 2 is 1.07 bits per heavy atom. The Hall–Kier alpha value is -8.20. The van der Waals surface area contributed by atoms with E-state index in [0.717, 1.165) is 46.0 Å². The molecular formula is C66H64N2. The van der Waals surface area contributed by atoms with Crippen molar-refractivity contribution < 1.29 is 0 Å². The lowest BCUT2D eigenvalue weighted by Crippen LogP contribution is -2.16. The number of benzene rings is 6. The highest BCUT2D eigenvalue weighted by atomic mass is 15.1. The van der Waals surface area contributed by atoms with E-state index in [-0.39, 0.29) is 0 Å². The minimum absolute atomic E-state index is 0.759. The molecule has 0 saturated carbocycles. The summed E-state index contributed by atoms with van der Waals surface area (Å²) in [7, 11) is 0. The Kier molecular flexibility index (Phi) is 18.9. The molecule has 2 nitrogen and oxygen atoms in total. The van der Waals surface area contributed by atoms with Gasteiger partial charge in [0.25, 0.3) is 0 Å². The van der Waals surface area contributed by atoms with Crippen LogP contribution in [0, 0.1) is 0 Å². The van der Waals surface area contributed by atoms with E-state index >= 15 is 0 Å². The summed E-state index contributed by atoms with van der Waals surface area (Å²) in [6.45, 7) is 19.5. The molecular weight excluding hydrogens is 821 g/mol. The highest BCUT2D eigenvalue weighted by Gasteiger charge is 2.12. The molecule has 0 amide bonds. The SMILES string of the molecule is C=C/C=C\C=C\N(/C(C)=C/C(=C(C)/C(C)=C/C=C(\C)c1ccc(-c2ccc(N(C/C=C\C=C/C)c3ccc(-c4ccccc4)cc3)cc2)cc1)c1ccccc1)/C(C=C)=C/C=C/c1ccccc1. The average Bonchev–Trinajstić information content (AvgIpc) is 3.39. The van der Waals surface area contributed by atoms with Gasteiger partial charge in [0.05, 0.1) is 0 Å². The molecule has 0 N–H and O–H groups in total. The summed E-state index contributed by atoms with van der Waals surface area (Å²) in [5, 5.41) is 0. The van der Waals surface area contributed by atoms with Crippen molar-refractivity contribution in [1.29, 1.82) is 0 Å². The summed E-state index contributed by atoms with van der Waals surface area (Å²) in [5.41, 5.74) is 17.3. The van der Waals surface area contributed by atoms with E-state index in [9.17, 15) is 0 Å². The largest absolute Gasteiger partial charge is 0.338 e. The molecule has 0 bridgehead atoms. The van der Waals surface area contributed by atoms with E-state index in [2.05, 4.69) is 263 Å². The third-order valence-electron chi connectivity index (χ3n) is 11.7. The maximum atomic E-state index is 4.19. The van der Waals surface area contributed by atoms with E-state index in [4.69, 9.17) is 0 Å². The van der Waals surface area contributed by atoms with E-state index in [1.165, 1.54) is 44.5 Å². The number of hydrogen-bond acceptors (Lipinski definition) is 2. The van der Waals surface area contributed by atoms with Crippen LogP contribution in [0.25, 0.3) is 39.5 Å². The van der Waals surface area contributed by atoms with Gasteiger partial charge in [-0.15, -0.1) is 0 Å². The third-order valence-corrected chi connectivity index (χ3v) is 11.7. The van der Waals surface area contributed by atoms with Gasteiger partial charge in [-0.1, -0.05) is 220 Å². The average molecular weight is 885 g/mol. The molecule has 0 heterocycles. The minimum Gasteiger partial charge on any atom is -0.338 e. The van der Waals surface area contributed by atoms with Crippen molar-refractivity contribution in [2.75, 3.05) is 11.4 Å². The fourth-order valence-corrected chi connectivity index (χ4v) is 7.68. The Bertz CT molecular complexity index is 2870. The monoisotopic (exact) mass is 885 g/mol. The maximum absolute atomic E-state index is 4.19. The van der Waals surface area contributed by atoms with Gasteiger partial charge in [0.15, 0.2) is 0 Å². The second kappa shape index (κ2) is 26.1. The summed E-state index contributed by atoms with van der Waals surface area (Å²) >= 11 is 0. The molecule has 0 unspecified atom stereocenters. The molecule has 6 aromatic carbocycles. The van der Waals surface area contributed by atoms with Crippen LogP contribution in [0.3, 0.4) is 0 Å². The normalized spacial score (nSPS) is 13.2. The lowest BCUT2D eigenvalue weighted by atomic mass is 9.94. The van der Waals surface area contributed by atoms with E-state index < -0.39 is 0 Å². The molecule has 0 saturated heterocycles. The van der Waals surface area contributed by atoms with Gasteiger partial charge in [-0.05, 0) is 144 Å². The zero-order valence-corrected chi connectivity index (χ0v) is 40.3. The third kappa shape index (κ3) is 14.1. The Labute approximate surface area is 407 Å². The van der Waals surface area contributed by atoms with Crippen LogP contribution in [0.5, 0.6) is 0 Å². The van der Waals surface area contributed by atoms with Gasteiger partial charge in [0, 0.05) is 35.5 Å². The number of nitrogens with zero attached hydrogens (tertiary/aromatic N) is 2. The molecule has 0 atom stereocenters. The Morgan fingerprint density at radius 3 is 1.65 bits per heavy atom. The second-order valence-electron chi connectivity index (χ2n) is 16.4. The first kappa shape index (κ1) is 49.2. The van der Waals surface area contributed by atoms with Gasteiger partial charge in [0.1, 0.15) is 0 Å². The molecule has 0 aromatic heterocycles. The highest BCUT2D eigenvalue weighted by Crippen LogP contribution is 2.32. The van der Waals surface area contributed by atoms with Crippen LogP contribution in [0.1, 0.15) is 51.3 Å². The first-order valence-electron chi connectivity index (χ1n) is 23.3. The first-order chi connectivity index (χ1) is 33.3. The van der Waals surface area contributed by atoms with Crippen molar-refractivity contribution in [3.63, 3.8) is 0 Å². The van der Waals surface area contributed by atoms with E-state index in [1.807, 2.05) is 49.4 Å². The summed E-state index contributed by atoms with van der Waals surface area (Å²) in [6, 6.07) is 58.1. The van der Waals surface area contributed by atoms with E-state index in [1.54, 1.807) is 6.08 Å². The van der Waals surface area contributed by atoms with Crippen molar-refractivity contribution in [3.8, 4) is 22.3 Å². The van der Waals surface area contributed by atoms with Gasteiger partial charge in [-0.2, -0.15) is 0 Å². The zero-order chi connectivity index (χ0) is 47.9. The van der Waals surface area contributed by atoms with Crippen molar-refractivity contribution in [2.45, 2.75) is 34.6 Å². The molecule has 6 aromatic rings. The number of rotatable bonds is 20. The van der Waals surface area contributed by atoms with Gasteiger partial charge in [-0.3, -0.25) is 0 Å². The molecule has 6 rings (SSSR count). The number of anilines is 2. The van der Waals surface area contributed by atoms with Crippen molar-refractivity contribution in [1.82, 2.24) is 4.90 Å². The molecule has 0 aliphatic rings. The van der Waals surface area contributed by atoms with Gasteiger partial charge >= 0.3 is 0 Å². The van der Waals surface area contributed by atoms with Crippen LogP contribution in [-0.2, 0) is 0 Å². The highest BCUT2D eigenvalue weighted by molar-refractivity contribution is 5.80. The Balaban J connectivity index is 1.23. The molecule has 0 aliphatic heterocycles. The second-order valence-corrected chi connectivity index (χ2v) is 16.4. The molecule has 68 heavy (non-hydrogen) atoms. The summed E-state index contributed by atoms with van der Waals surface area (Å²) in [6.07, 6.45) is 33.1. The lowest BCUT2D eigenvalue weighted by molar-refractivity contribution is 0.595. The van der Waals surface area contributed by atoms with Crippen molar-refractivity contribution in [3.05, 3.63) is 307 Å². The maximum Gasteiger partial charge on any atom is 0.0446 e. The summed E-state index contributed by atoms with van der Waals surface area (Å²) in [4.78, 5) is 4.52. The standard InChI is InChI=1S/C66H64N2/c1-8-11-13-24-49-67(63(10-3)34-26-29-56-27-18-15-19-28-56)54(6)51-66(62-32-22-17-23-33-62)55(7)52(4)35-36-53(5)57-37-39-59(40-38-57)61-43-47-65(48-44-61)68(50-25-14-12-9-2)64-45-41-60(42-46-64)58-30-20-16-21-31-58/h8-49,51H,1,3,50H2,2,4-7H3/b12-9-,13-11-,25-14-,29-26+,49-24+,52-35+,53-36+,54-51+,63-34+,66-55-. The lowest BCUT2D eigenvalue weighted by Gasteiger charge is -2.24. The molecule has 2 heteroatoms. The van der Waals surface area contributed by atoms with Crippen molar-refractivity contribution in [2.24, 2.45) is 0 Å². The van der Waals surface area contributed by atoms with Crippen LogP contribution >= 0.6 is 0 Å². The quantitative estimate of drug-likeness (QED) is 0.0705. The fraction of sp³-hybridized carbons (Fsp3) is 0.0909. The van der Waals surface area contributed by atoms with Crippen molar-refractivity contribution >= 4 is 28.6 Å². The summed E-state index contributed by atoms with van der Waals surface area (Å²) in [5.74, 6) is 0. The van der Waals surface area contributed by atoms with Crippen LogP contribution < -0.4 is 4.90 Å². The molecule has 0 fully saturated rings. The topological polar surface area (TPSA) is 6.48 Å². The van der Waals surface area contributed by atoms with Gasteiger partial charge in [-0.25, -0.2) is 0 Å². The number of allylic oxidation sites excluding steroid dienone is 18. The molecule has 338 valence electrons. The van der Waals surface area contributed by atoms with Crippen LogP contribution in [0.4, 0.5) is 11.4 Å². The van der Waals surface area contributed by atoms with E-state index in [0.29, 0.717) is 0 Å². The fourth-order valence-electron chi connectivity index (χ4n) is 7.68. The first-order valence-corrected chi connectivity index (χ1v) is 23.3. The summed E-state index contributed by atoms with van der Waals surface area (Å²) < 4.78 is 0. The Morgan fingerprint density at radius 1 is 0.515 bits per heavy atom.